The number of aromatic amines is 1. The molecular weight excluding hydrogens is 314 g/mol. The number of fused-ring (bicyclic) bond motifs is 3. The van der Waals surface area contributed by atoms with Gasteiger partial charge in [0.15, 0.2) is 17.3 Å². The summed E-state index contributed by atoms with van der Waals surface area (Å²) in [7, 11) is 0. The molecule has 1 aromatic carbocycles. The highest BCUT2D eigenvalue weighted by Crippen LogP contribution is 2.25. The highest BCUT2D eigenvalue weighted by Gasteiger charge is 2.23. The molecule has 5 nitrogen and oxygen atoms in total. The Hall–Kier alpha value is -2.83. The Morgan fingerprint density at radius 3 is 2.96 bits per heavy atom. The number of aromatic nitrogens is 3. The van der Waals surface area contributed by atoms with Gasteiger partial charge in [-0.15, -0.1) is 0 Å². The van der Waals surface area contributed by atoms with E-state index in [2.05, 4.69) is 15.2 Å². The Balaban J connectivity index is 1.53. The Bertz CT molecular complexity index is 937. The second-order valence-corrected chi connectivity index (χ2v) is 5.88. The number of H-pyrrole nitrogens is 1. The van der Waals surface area contributed by atoms with E-state index in [1.54, 1.807) is 17.3 Å². The van der Waals surface area contributed by atoms with Gasteiger partial charge in [0.2, 0.25) is 5.91 Å². The predicted octanol–water partition coefficient (Wildman–Crippen LogP) is 2.36. The van der Waals surface area contributed by atoms with Crippen LogP contribution in [0.15, 0.2) is 30.6 Å². The molecule has 0 aliphatic carbocycles. The summed E-state index contributed by atoms with van der Waals surface area (Å²) < 4.78 is 26.2. The summed E-state index contributed by atoms with van der Waals surface area (Å²) in [5, 5.41) is 7.83. The van der Waals surface area contributed by atoms with E-state index in [0.717, 1.165) is 40.7 Å². The van der Waals surface area contributed by atoms with Crippen LogP contribution in [0.3, 0.4) is 0 Å². The van der Waals surface area contributed by atoms with Crippen LogP contribution in [0.1, 0.15) is 16.7 Å². The summed E-state index contributed by atoms with van der Waals surface area (Å²) in [4.78, 5) is 18.5. The SMILES string of the molecule is O=C(Cc1ccc(F)c(F)c1)N1CCc2c(cnc3[nH]ncc23)C1. The maximum Gasteiger partial charge on any atom is 0.227 e. The van der Waals surface area contributed by atoms with E-state index >= 15 is 0 Å². The highest BCUT2D eigenvalue weighted by molar-refractivity contribution is 5.82. The Morgan fingerprint density at radius 2 is 2.12 bits per heavy atom. The molecule has 0 atom stereocenters. The summed E-state index contributed by atoms with van der Waals surface area (Å²) in [6.07, 6.45) is 4.28. The van der Waals surface area contributed by atoms with Crippen molar-refractivity contribution >= 4 is 16.9 Å². The van der Waals surface area contributed by atoms with Crippen LogP contribution in [0.25, 0.3) is 11.0 Å². The Kier molecular flexibility index (Phi) is 3.48. The third-order valence-electron chi connectivity index (χ3n) is 4.37. The fraction of sp³-hybridized carbons (Fsp3) is 0.235. The summed E-state index contributed by atoms with van der Waals surface area (Å²) >= 11 is 0. The van der Waals surface area contributed by atoms with Gasteiger partial charge in [-0.05, 0) is 35.2 Å². The molecule has 0 saturated heterocycles. The topological polar surface area (TPSA) is 61.9 Å². The van der Waals surface area contributed by atoms with Gasteiger partial charge in [0.1, 0.15) is 0 Å². The summed E-state index contributed by atoms with van der Waals surface area (Å²) in [5.74, 6) is -1.96. The largest absolute Gasteiger partial charge is 0.338 e. The van der Waals surface area contributed by atoms with Crippen molar-refractivity contribution in [2.24, 2.45) is 0 Å². The molecule has 122 valence electrons. The van der Waals surface area contributed by atoms with Crippen LogP contribution >= 0.6 is 0 Å². The first-order chi connectivity index (χ1) is 11.6. The third-order valence-corrected chi connectivity index (χ3v) is 4.37. The summed E-state index contributed by atoms with van der Waals surface area (Å²) in [6.45, 7) is 1.05. The molecule has 1 amide bonds. The summed E-state index contributed by atoms with van der Waals surface area (Å²) in [6, 6.07) is 3.55. The quantitative estimate of drug-likeness (QED) is 0.785. The Morgan fingerprint density at radius 1 is 1.25 bits per heavy atom. The van der Waals surface area contributed by atoms with Gasteiger partial charge in [-0.3, -0.25) is 9.89 Å². The van der Waals surface area contributed by atoms with Crippen molar-refractivity contribution in [1.82, 2.24) is 20.1 Å². The average Bonchev–Trinajstić information content (AvgIpc) is 3.06. The van der Waals surface area contributed by atoms with Crippen molar-refractivity contribution in [2.75, 3.05) is 6.54 Å². The molecule has 0 bridgehead atoms. The third kappa shape index (κ3) is 2.51. The minimum absolute atomic E-state index is 0.0495. The van der Waals surface area contributed by atoms with E-state index in [4.69, 9.17) is 0 Å². The molecule has 0 saturated carbocycles. The number of rotatable bonds is 2. The maximum absolute atomic E-state index is 13.3. The van der Waals surface area contributed by atoms with E-state index in [9.17, 15) is 13.6 Å². The predicted molar refractivity (Wildman–Crippen MR) is 83.1 cm³/mol. The molecule has 1 aliphatic rings. The minimum Gasteiger partial charge on any atom is -0.338 e. The fourth-order valence-electron chi connectivity index (χ4n) is 3.10. The number of hydrogen-bond donors (Lipinski definition) is 1. The molecule has 3 aromatic rings. The zero-order chi connectivity index (χ0) is 16.7. The first kappa shape index (κ1) is 14.7. The minimum atomic E-state index is -0.934. The van der Waals surface area contributed by atoms with Crippen LogP contribution < -0.4 is 0 Å². The Labute approximate surface area is 136 Å². The smallest absolute Gasteiger partial charge is 0.227 e. The van der Waals surface area contributed by atoms with Crippen molar-refractivity contribution in [2.45, 2.75) is 19.4 Å². The summed E-state index contributed by atoms with van der Waals surface area (Å²) in [5.41, 5.74) is 3.36. The van der Waals surface area contributed by atoms with Crippen molar-refractivity contribution in [3.8, 4) is 0 Å². The molecule has 24 heavy (non-hydrogen) atoms. The number of carbonyl (C=O) groups excluding carboxylic acids is 1. The number of hydrogen-bond acceptors (Lipinski definition) is 3. The molecule has 4 rings (SSSR count). The van der Waals surface area contributed by atoms with E-state index in [-0.39, 0.29) is 12.3 Å². The standard InChI is InChI=1S/C17H14F2N4O/c18-14-2-1-10(5-15(14)19)6-16(24)23-4-3-12-11(9-23)7-20-17-13(12)8-21-22-17/h1-2,5,7-8H,3-4,6,9H2,(H,20,21,22). The first-order valence-corrected chi connectivity index (χ1v) is 7.63. The number of nitrogens with one attached hydrogen (secondary N) is 1. The molecule has 0 unspecified atom stereocenters. The van der Waals surface area contributed by atoms with Gasteiger partial charge >= 0.3 is 0 Å². The molecule has 1 N–H and O–H groups in total. The van der Waals surface area contributed by atoms with E-state index in [0.29, 0.717) is 18.7 Å². The van der Waals surface area contributed by atoms with Gasteiger partial charge in [-0.1, -0.05) is 6.07 Å². The van der Waals surface area contributed by atoms with Crippen LogP contribution in [-0.2, 0) is 24.2 Å². The van der Waals surface area contributed by atoms with Crippen LogP contribution in [0, 0.1) is 11.6 Å². The molecule has 0 radical (unpaired) electrons. The van der Waals surface area contributed by atoms with Gasteiger partial charge < -0.3 is 4.90 Å². The first-order valence-electron chi connectivity index (χ1n) is 7.63. The second-order valence-electron chi connectivity index (χ2n) is 5.88. The monoisotopic (exact) mass is 328 g/mol. The van der Waals surface area contributed by atoms with Gasteiger partial charge in [-0.25, -0.2) is 13.8 Å². The normalized spacial score (nSPS) is 14.0. The van der Waals surface area contributed by atoms with Crippen LogP contribution in [-0.4, -0.2) is 32.5 Å². The van der Waals surface area contributed by atoms with Crippen LogP contribution in [0.5, 0.6) is 0 Å². The lowest BCUT2D eigenvalue weighted by Crippen LogP contribution is -2.37. The number of benzene rings is 1. The number of nitrogens with zero attached hydrogens (tertiary/aromatic N) is 3. The maximum atomic E-state index is 13.3. The molecule has 3 heterocycles. The van der Waals surface area contributed by atoms with Crippen molar-refractivity contribution in [1.29, 1.82) is 0 Å². The van der Waals surface area contributed by atoms with Crippen molar-refractivity contribution in [3.63, 3.8) is 0 Å². The van der Waals surface area contributed by atoms with Gasteiger partial charge in [0.05, 0.1) is 12.6 Å². The number of amides is 1. The lowest BCUT2D eigenvalue weighted by molar-refractivity contribution is -0.131. The fourth-order valence-corrected chi connectivity index (χ4v) is 3.10. The second kappa shape index (κ2) is 5.67. The lowest BCUT2D eigenvalue weighted by atomic mass is 9.98. The zero-order valence-electron chi connectivity index (χ0n) is 12.7. The zero-order valence-corrected chi connectivity index (χ0v) is 12.7. The van der Waals surface area contributed by atoms with E-state index in [1.807, 2.05) is 0 Å². The van der Waals surface area contributed by atoms with Gasteiger partial charge in [0, 0.05) is 24.7 Å². The average molecular weight is 328 g/mol. The number of carbonyl (C=O) groups is 1. The number of halogens is 2. The van der Waals surface area contributed by atoms with Crippen molar-refractivity contribution in [3.05, 3.63) is 58.9 Å². The van der Waals surface area contributed by atoms with E-state index in [1.165, 1.54) is 6.07 Å². The molecular formula is C17H14F2N4O. The van der Waals surface area contributed by atoms with Gasteiger partial charge in [-0.2, -0.15) is 5.10 Å². The molecule has 2 aromatic heterocycles. The van der Waals surface area contributed by atoms with Crippen LogP contribution in [0.4, 0.5) is 8.78 Å². The van der Waals surface area contributed by atoms with E-state index < -0.39 is 11.6 Å². The van der Waals surface area contributed by atoms with Crippen molar-refractivity contribution < 1.29 is 13.6 Å². The van der Waals surface area contributed by atoms with Crippen LogP contribution in [0.2, 0.25) is 0 Å². The van der Waals surface area contributed by atoms with Gasteiger partial charge in [0.25, 0.3) is 0 Å². The molecule has 1 aliphatic heterocycles. The molecule has 7 heteroatoms. The lowest BCUT2D eigenvalue weighted by Gasteiger charge is -2.29. The highest BCUT2D eigenvalue weighted by atomic mass is 19.2. The molecule has 0 fully saturated rings. The number of pyridine rings is 1. The molecule has 0 spiro atoms.